The van der Waals surface area contributed by atoms with Crippen molar-refractivity contribution in [3.63, 3.8) is 0 Å². The molecule has 0 fully saturated rings. The first-order valence-corrected chi connectivity index (χ1v) is 15.4. The number of rotatable bonds is 11. The third-order valence-corrected chi connectivity index (χ3v) is 8.47. The van der Waals surface area contributed by atoms with Gasteiger partial charge < -0.3 is 14.2 Å². The number of carbonyl (C=O) groups excluding carboxylic acids is 2. The summed E-state index contributed by atoms with van der Waals surface area (Å²) in [5.41, 5.74) is 6.45. The molecule has 0 radical (unpaired) electrons. The van der Waals surface area contributed by atoms with Gasteiger partial charge in [-0.1, -0.05) is 58.0 Å². The maximum Gasteiger partial charge on any atom is 0.343 e. The van der Waals surface area contributed by atoms with Crippen LogP contribution < -0.4 is 9.47 Å². The lowest BCUT2D eigenvalue weighted by molar-refractivity contribution is -0.00245. The van der Waals surface area contributed by atoms with Gasteiger partial charge in [0.15, 0.2) is 0 Å². The highest BCUT2D eigenvalue weighted by Crippen LogP contribution is 2.32. The van der Waals surface area contributed by atoms with E-state index in [2.05, 4.69) is 52.0 Å². The predicted molar refractivity (Wildman–Crippen MR) is 176 cm³/mol. The molecule has 0 N–H and O–H groups in total. The summed E-state index contributed by atoms with van der Waals surface area (Å²) in [6.45, 7) is 16.6. The van der Waals surface area contributed by atoms with Crippen molar-refractivity contribution >= 4 is 11.9 Å². The van der Waals surface area contributed by atoms with Crippen LogP contribution in [0, 0.1) is 13.8 Å². The molecule has 0 spiro atoms. The molecule has 2 unspecified atom stereocenters. The first kappa shape index (κ1) is 32.5. The van der Waals surface area contributed by atoms with Crippen LogP contribution in [0.4, 0.5) is 0 Å². The van der Waals surface area contributed by atoms with Gasteiger partial charge in [0.1, 0.15) is 22.8 Å². The van der Waals surface area contributed by atoms with Crippen molar-refractivity contribution in [3.8, 4) is 17.2 Å². The van der Waals surface area contributed by atoms with Crippen LogP contribution in [0.5, 0.6) is 17.2 Å². The van der Waals surface area contributed by atoms with Crippen molar-refractivity contribution in [3.05, 3.63) is 124 Å². The number of hydrogen-bond donors (Lipinski definition) is 0. The topological polar surface area (TPSA) is 61.8 Å². The number of esters is 2. The number of carbonyl (C=O) groups is 2. The number of hydrogen-bond acceptors (Lipinski definition) is 5. The van der Waals surface area contributed by atoms with E-state index in [9.17, 15) is 9.59 Å². The minimum Gasteiger partial charge on any atom is -0.457 e. The van der Waals surface area contributed by atoms with Gasteiger partial charge in [0.25, 0.3) is 0 Å². The Bertz CT molecular complexity index is 1600. The Morgan fingerprint density at radius 1 is 0.705 bits per heavy atom. The zero-order chi connectivity index (χ0) is 32.0. The van der Waals surface area contributed by atoms with E-state index in [1.54, 1.807) is 48.5 Å². The van der Waals surface area contributed by atoms with Gasteiger partial charge in [0.2, 0.25) is 0 Å². The maximum absolute atomic E-state index is 12.9. The molecule has 44 heavy (non-hydrogen) atoms. The van der Waals surface area contributed by atoms with Crippen LogP contribution >= 0.6 is 0 Å². The van der Waals surface area contributed by atoms with Crippen molar-refractivity contribution in [1.29, 1.82) is 0 Å². The van der Waals surface area contributed by atoms with Gasteiger partial charge in [-0.05, 0) is 129 Å². The smallest absolute Gasteiger partial charge is 0.343 e. The van der Waals surface area contributed by atoms with E-state index in [1.807, 2.05) is 39.8 Å². The molecule has 0 aliphatic carbocycles. The zero-order valence-electron chi connectivity index (χ0n) is 27.2. The Labute approximate surface area is 262 Å². The first-order chi connectivity index (χ1) is 20.9. The second-order valence-corrected chi connectivity index (χ2v) is 12.2. The molecule has 0 heterocycles. The van der Waals surface area contributed by atoms with Crippen LogP contribution in [0.3, 0.4) is 0 Å². The Morgan fingerprint density at radius 2 is 1.23 bits per heavy atom. The minimum atomic E-state index is -0.519. The lowest BCUT2D eigenvalue weighted by Crippen LogP contribution is -2.26. The summed E-state index contributed by atoms with van der Waals surface area (Å²) < 4.78 is 17.2. The molecule has 0 bridgehead atoms. The fourth-order valence-corrected chi connectivity index (χ4v) is 4.99. The average molecular weight is 593 g/mol. The normalized spacial score (nSPS) is 12.7. The lowest BCUT2D eigenvalue weighted by atomic mass is 9.87. The van der Waals surface area contributed by atoms with Gasteiger partial charge in [0, 0.05) is 5.92 Å². The molecular weight excluding hydrogens is 548 g/mol. The fourth-order valence-electron chi connectivity index (χ4n) is 4.99. The summed E-state index contributed by atoms with van der Waals surface area (Å²) in [6.07, 6.45) is 1.85. The van der Waals surface area contributed by atoms with Gasteiger partial charge in [-0.2, -0.15) is 0 Å². The molecule has 0 aliphatic rings. The number of benzene rings is 4. The molecule has 5 nitrogen and oxygen atoms in total. The van der Waals surface area contributed by atoms with E-state index in [0.29, 0.717) is 34.3 Å². The van der Waals surface area contributed by atoms with E-state index in [-0.39, 0.29) is 11.9 Å². The van der Waals surface area contributed by atoms with Gasteiger partial charge in [0.05, 0.1) is 11.1 Å². The number of aryl methyl sites for hydroxylation is 2. The van der Waals surface area contributed by atoms with Crippen LogP contribution in [0.2, 0.25) is 0 Å². The molecule has 0 amide bonds. The van der Waals surface area contributed by atoms with Crippen molar-refractivity contribution in [2.45, 2.75) is 85.7 Å². The summed E-state index contributed by atoms with van der Waals surface area (Å²) in [5, 5.41) is 0. The van der Waals surface area contributed by atoms with E-state index < -0.39 is 11.6 Å². The Morgan fingerprint density at radius 3 is 1.73 bits per heavy atom. The lowest BCUT2D eigenvalue weighted by Gasteiger charge is -2.23. The average Bonchev–Trinajstić information content (AvgIpc) is 3.01. The third-order valence-electron chi connectivity index (χ3n) is 8.47. The molecule has 0 aliphatic heterocycles. The fraction of sp³-hybridized carbons (Fsp3) is 0.333. The van der Waals surface area contributed by atoms with Crippen molar-refractivity contribution in [1.82, 2.24) is 0 Å². The van der Waals surface area contributed by atoms with Crippen LogP contribution in [-0.2, 0) is 4.74 Å². The Balaban J connectivity index is 1.37. The van der Waals surface area contributed by atoms with Gasteiger partial charge >= 0.3 is 11.9 Å². The zero-order valence-corrected chi connectivity index (χ0v) is 27.2. The molecule has 0 aromatic heterocycles. The number of ether oxygens (including phenoxy) is 3. The molecule has 4 rings (SSSR count). The monoisotopic (exact) mass is 592 g/mol. The Kier molecular flexibility index (Phi) is 10.3. The minimum absolute atomic E-state index is 0.217. The summed E-state index contributed by atoms with van der Waals surface area (Å²) in [5.74, 6) is 1.63. The van der Waals surface area contributed by atoms with Gasteiger partial charge in [-0.25, -0.2) is 9.59 Å². The van der Waals surface area contributed by atoms with Crippen molar-refractivity contribution in [2.75, 3.05) is 0 Å². The van der Waals surface area contributed by atoms with Crippen LogP contribution in [0.1, 0.15) is 115 Å². The maximum atomic E-state index is 12.9. The summed E-state index contributed by atoms with van der Waals surface area (Å²) in [7, 11) is 0. The van der Waals surface area contributed by atoms with E-state index in [4.69, 9.17) is 14.2 Å². The van der Waals surface area contributed by atoms with Crippen molar-refractivity contribution < 1.29 is 23.8 Å². The molecule has 0 saturated heterocycles. The SMILES string of the molecule is CCC(C)c1ccc(C(C)c2ccc(OC(=O)c3ccc(Oc4ccc(C(=O)OC(C)(C)CC)cc4)cc3)c(C)c2)cc1C. The molecule has 230 valence electrons. The second kappa shape index (κ2) is 13.9. The summed E-state index contributed by atoms with van der Waals surface area (Å²) in [6, 6.07) is 26.4. The molecule has 0 saturated carbocycles. The van der Waals surface area contributed by atoms with Crippen LogP contribution in [0.25, 0.3) is 0 Å². The molecule has 5 heteroatoms. The first-order valence-electron chi connectivity index (χ1n) is 15.4. The quantitative estimate of drug-likeness (QED) is 0.128. The molecule has 4 aromatic rings. The molecule has 4 aromatic carbocycles. The third kappa shape index (κ3) is 7.96. The van der Waals surface area contributed by atoms with Gasteiger partial charge in [-0.15, -0.1) is 0 Å². The van der Waals surface area contributed by atoms with Crippen LogP contribution in [0.15, 0.2) is 84.9 Å². The molecular formula is C39H44O5. The standard InChI is InChI=1S/C39H44O5/c1-9-25(3)35-21-15-31(23-26(35)4)28(6)32-16-22-36(27(5)24-32)43-37(40)29-11-17-33(18-12-29)42-34-19-13-30(14-20-34)38(41)44-39(7,8)10-2/h11-25,28H,9-10H2,1-8H3. The summed E-state index contributed by atoms with van der Waals surface area (Å²) >= 11 is 0. The Hall–Kier alpha value is -4.38. The summed E-state index contributed by atoms with van der Waals surface area (Å²) in [4.78, 5) is 25.3. The highest BCUT2D eigenvalue weighted by molar-refractivity contribution is 5.91. The van der Waals surface area contributed by atoms with E-state index in [1.165, 1.54) is 22.3 Å². The van der Waals surface area contributed by atoms with E-state index >= 15 is 0 Å². The van der Waals surface area contributed by atoms with E-state index in [0.717, 1.165) is 18.4 Å². The van der Waals surface area contributed by atoms with Crippen LogP contribution in [-0.4, -0.2) is 17.5 Å². The van der Waals surface area contributed by atoms with Gasteiger partial charge in [-0.3, -0.25) is 0 Å². The predicted octanol–water partition coefficient (Wildman–Crippen LogP) is 10.3. The van der Waals surface area contributed by atoms with Crippen molar-refractivity contribution in [2.24, 2.45) is 0 Å². The second-order valence-electron chi connectivity index (χ2n) is 12.2. The largest absolute Gasteiger partial charge is 0.457 e. The highest BCUT2D eigenvalue weighted by atomic mass is 16.6. The highest BCUT2D eigenvalue weighted by Gasteiger charge is 2.21. The molecule has 2 atom stereocenters.